The second-order valence-electron chi connectivity index (χ2n) is 4.25. The summed E-state index contributed by atoms with van der Waals surface area (Å²) in [5, 5.41) is 6.28. The zero-order chi connectivity index (χ0) is 13.8. The highest BCUT2D eigenvalue weighted by Gasteiger charge is 2.03. The van der Waals surface area contributed by atoms with Gasteiger partial charge in [-0.25, -0.2) is 9.97 Å². The molecule has 1 aromatic heterocycles. The van der Waals surface area contributed by atoms with Gasteiger partial charge >= 0.3 is 0 Å². The molecule has 1 aromatic carbocycles. The summed E-state index contributed by atoms with van der Waals surface area (Å²) >= 11 is 0. The molecule has 0 unspecified atom stereocenters. The lowest BCUT2D eigenvalue weighted by Gasteiger charge is -2.10. The predicted octanol–water partition coefficient (Wildman–Crippen LogP) is 2.89. The number of rotatable bonds is 4. The van der Waals surface area contributed by atoms with Crippen LogP contribution in [-0.4, -0.2) is 24.1 Å². The summed E-state index contributed by atoms with van der Waals surface area (Å²) < 4.78 is 5.24. The molecule has 0 fully saturated rings. The summed E-state index contributed by atoms with van der Waals surface area (Å²) in [6, 6.07) is 7.79. The van der Waals surface area contributed by atoms with Crippen LogP contribution in [0.25, 0.3) is 0 Å². The highest BCUT2D eigenvalue weighted by atomic mass is 16.5. The van der Waals surface area contributed by atoms with Gasteiger partial charge in [-0.3, -0.25) is 0 Å². The zero-order valence-electron chi connectivity index (χ0n) is 11.6. The van der Waals surface area contributed by atoms with Crippen LogP contribution in [0, 0.1) is 13.8 Å². The summed E-state index contributed by atoms with van der Waals surface area (Å²) in [6.45, 7) is 3.87. The first-order chi connectivity index (χ1) is 9.12. The topological polar surface area (TPSA) is 59.1 Å². The van der Waals surface area contributed by atoms with E-state index in [2.05, 4.69) is 20.6 Å². The van der Waals surface area contributed by atoms with Gasteiger partial charge in [0.15, 0.2) is 0 Å². The van der Waals surface area contributed by atoms with Gasteiger partial charge in [-0.05, 0) is 37.6 Å². The van der Waals surface area contributed by atoms with E-state index >= 15 is 0 Å². The van der Waals surface area contributed by atoms with Crippen molar-refractivity contribution in [2.45, 2.75) is 13.8 Å². The second-order valence-corrected chi connectivity index (χ2v) is 4.25. The zero-order valence-corrected chi connectivity index (χ0v) is 11.6. The molecule has 0 aliphatic rings. The predicted molar refractivity (Wildman–Crippen MR) is 77.3 cm³/mol. The van der Waals surface area contributed by atoms with Crippen LogP contribution >= 0.6 is 0 Å². The van der Waals surface area contributed by atoms with Crippen molar-refractivity contribution in [1.82, 2.24) is 9.97 Å². The Morgan fingerprint density at radius 1 is 1.05 bits per heavy atom. The van der Waals surface area contributed by atoms with Gasteiger partial charge < -0.3 is 15.4 Å². The van der Waals surface area contributed by atoms with Crippen LogP contribution in [0.3, 0.4) is 0 Å². The van der Waals surface area contributed by atoms with Crippen molar-refractivity contribution in [3.8, 4) is 5.75 Å². The molecule has 2 N–H and O–H groups in total. The maximum Gasteiger partial charge on any atom is 0.136 e. The Morgan fingerprint density at radius 3 is 2.42 bits per heavy atom. The Labute approximate surface area is 113 Å². The standard InChI is InChI=1S/C14H18N4O/c1-9-7-11(5-6-12(9)19-4)18-14-8-13(15-3)16-10(2)17-14/h5-8H,1-4H3,(H2,15,16,17,18). The summed E-state index contributed by atoms with van der Waals surface area (Å²) in [5.74, 6) is 3.15. The Bertz CT molecular complexity index is 584. The van der Waals surface area contributed by atoms with Gasteiger partial charge in [0.25, 0.3) is 0 Å². The fourth-order valence-electron chi connectivity index (χ4n) is 1.86. The first-order valence-electron chi connectivity index (χ1n) is 6.07. The number of aromatic nitrogens is 2. The molecule has 5 heteroatoms. The third-order valence-corrected chi connectivity index (χ3v) is 2.76. The molecule has 0 radical (unpaired) electrons. The van der Waals surface area contributed by atoms with Gasteiger partial charge in [-0.15, -0.1) is 0 Å². The minimum Gasteiger partial charge on any atom is -0.496 e. The van der Waals surface area contributed by atoms with Gasteiger partial charge in [0.05, 0.1) is 7.11 Å². The quantitative estimate of drug-likeness (QED) is 0.883. The Hall–Kier alpha value is -2.30. The highest BCUT2D eigenvalue weighted by Crippen LogP contribution is 2.24. The summed E-state index contributed by atoms with van der Waals surface area (Å²) in [4.78, 5) is 8.61. The number of hydrogen-bond acceptors (Lipinski definition) is 5. The molecule has 0 amide bonds. The van der Waals surface area contributed by atoms with E-state index in [4.69, 9.17) is 4.74 Å². The molecule has 0 atom stereocenters. The van der Waals surface area contributed by atoms with Crippen molar-refractivity contribution in [1.29, 1.82) is 0 Å². The maximum atomic E-state index is 5.24. The van der Waals surface area contributed by atoms with Crippen LogP contribution in [0.2, 0.25) is 0 Å². The number of aryl methyl sites for hydroxylation is 2. The molecular formula is C14H18N4O. The van der Waals surface area contributed by atoms with E-state index in [1.54, 1.807) is 7.11 Å². The molecule has 1 heterocycles. The molecule has 0 spiro atoms. The molecule has 19 heavy (non-hydrogen) atoms. The van der Waals surface area contributed by atoms with E-state index in [0.717, 1.165) is 34.5 Å². The summed E-state index contributed by atoms with van der Waals surface area (Å²) in [7, 11) is 3.51. The van der Waals surface area contributed by atoms with Crippen LogP contribution in [-0.2, 0) is 0 Å². The molecule has 100 valence electrons. The van der Waals surface area contributed by atoms with Crippen molar-refractivity contribution >= 4 is 17.3 Å². The maximum absolute atomic E-state index is 5.24. The molecule has 0 bridgehead atoms. The average Bonchev–Trinajstić information content (AvgIpc) is 2.38. The fraction of sp³-hybridized carbons (Fsp3) is 0.286. The fourth-order valence-corrected chi connectivity index (χ4v) is 1.86. The van der Waals surface area contributed by atoms with Crippen molar-refractivity contribution in [2.24, 2.45) is 0 Å². The molecule has 0 aliphatic heterocycles. The minimum atomic E-state index is 0.722. The number of hydrogen-bond donors (Lipinski definition) is 2. The first-order valence-corrected chi connectivity index (χ1v) is 6.07. The number of nitrogens with one attached hydrogen (secondary N) is 2. The largest absolute Gasteiger partial charge is 0.496 e. The third kappa shape index (κ3) is 3.13. The number of nitrogens with zero attached hydrogens (tertiary/aromatic N) is 2. The van der Waals surface area contributed by atoms with Gasteiger partial charge in [-0.2, -0.15) is 0 Å². The second kappa shape index (κ2) is 5.56. The lowest BCUT2D eigenvalue weighted by Crippen LogP contribution is -2.01. The SMILES string of the molecule is CNc1cc(Nc2ccc(OC)c(C)c2)nc(C)n1. The molecule has 0 saturated carbocycles. The monoisotopic (exact) mass is 258 g/mol. The van der Waals surface area contributed by atoms with E-state index in [9.17, 15) is 0 Å². The smallest absolute Gasteiger partial charge is 0.136 e. The normalized spacial score (nSPS) is 10.1. The molecule has 2 rings (SSSR count). The van der Waals surface area contributed by atoms with E-state index in [1.165, 1.54) is 0 Å². The number of ether oxygens (including phenoxy) is 1. The van der Waals surface area contributed by atoms with Crippen LogP contribution in [0.15, 0.2) is 24.3 Å². The van der Waals surface area contributed by atoms with Crippen LogP contribution in [0.1, 0.15) is 11.4 Å². The highest BCUT2D eigenvalue weighted by molar-refractivity contribution is 5.61. The van der Waals surface area contributed by atoms with E-state index in [-0.39, 0.29) is 0 Å². The van der Waals surface area contributed by atoms with Crippen LogP contribution in [0.5, 0.6) is 5.75 Å². The average molecular weight is 258 g/mol. The van der Waals surface area contributed by atoms with Crippen molar-refractivity contribution < 1.29 is 4.74 Å². The lowest BCUT2D eigenvalue weighted by atomic mass is 10.2. The van der Waals surface area contributed by atoms with Gasteiger partial charge in [0, 0.05) is 18.8 Å². The molecule has 5 nitrogen and oxygen atoms in total. The number of methoxy groups -OCH3 is 1. The Balaban J connectivity index is 2.25. The molecule has 0 saturated heterocycles. The van der Waals surface area contributed by atoms with Crippen LogP contribution < -0.4 is 15.4 Å². The lowest BCUT2D eigenvalue weighted by molar-refractivity contribution is 0.412. The van der Waals surface area contributed by atoms with Gasteiger partial charge in [0.2, 0.25) is 0 Å². The van der Waals surface area contributed by atoms with Gasteiger partial charge in [0.1, 0.15) is 23.2 Å². The van der Waals surface area contributed by atoms with Crippen LogP contribution in [0.4, 0.5) is 17.3 Å². The first kappa shape index (κ1) is 13.1. The molecule has 2 aromatic rings. The minimum absolute atomic E-state index is 0.722. The third-order valence-electron chi connectivity index (χ3n) is 2.76. The Morgan fingerprint density at radius 2 is 1.79 bits per heavy atom. The van der Waals surface area contributed by atoms with Crippen molar-refractivity contribution in [2.75, 3.05) is 24.8 Å². The van der Waals surface area contributed by atoms with E-state index in [0.29, 0.717) is 0 Å². The molecular weight excluding hydrogens is 240 g/mol. The number of benzene rings is 1. The molecule has 0 aliphatic carbocycles. The van der Waals surface area contributed by atoms with E-state index in [1.807, 2.05) is 45.2 Å². The van der Waals surface area contributed by atoms with Crippen molar-refractivity contribution in [3.05, 3.63) is 35.7 Å². The summed E-state index contributed by atoms with van der Waals surface area (Å²) in [6.07, 6.45) is 0. The number of anilines is 3. The van der Waals surface area contributed by atoms with E-state index < -0.39 is 0 Å². The Kier molecular flexibility index (Phi) is 3.85. The summed E-state index contributed by atoms with van der Waals surface area (Å²) in [5.41, 5.74) is 2.05. The van der Waals surface area contributed by atoms with Gasteiger partial charge in [-0.1, -0.05) is 0 Å². The van der Waals surface area contributed by atoms with Crippen molar-refractivity contribution in [3.63, 3.8) is 0 Å².